The first-order chi connectivity index (χ1) is 6.20. The van der Waals surface area contributed by atoms with Crippen molar-refractivity contribution in [1.82, 2.24) is 0 Å². The standard InChI is InChI=1S/C8H8O5/c9-6-11-7(10)13-8(12-6)4-2-1-3-5-8/h1-2H,3-5H2. The molecule has 13 heavy (non-hydrogen) atoms. The lowest BCUT2D eigenvalue weighted by Crippen LogP contribution is -2.45. The molecule has 1 spiro atoms. The predicted molar refractivity (Wildman–Crippen MR) is 39.8 cm³/mol. The summed E-state index contributed by atoms with van der Waals surface area (Å²) in [5, 5.41) is 0. The highest BCUT2D eigenvalue weighted by molar-refractivity contribution is 5.79. The van der Waals surface area contributed by atoms with Crippen LogP contribution in [-0.2, 0) is 14.2 Å². The summed E-state index contributed by atoms with van der Waals surface area (Å²) in [5.74, 6) is -1.11. The molecule has 5 heteroatoms. The lowest BCUT2D eigenvalue weighted by atomic mass is 10.0. The van der Waals surface area contributed by atoms with E-state index in [2.05, 4.69) is 4.74 Å². The average molecular weight is 184 g/mol. The second-order valence-electron chi connectivity index (χ2n) is 2.93. The van der Waals surface area contributed by atoms with Crippen LogP contribution in [-0.4, -0.2) is 18.1 Å². The smallest absolute Gasteiger partial charge is 0.390 e. The van der Waals surface area contributed by atoms with Gasteiger partial charge in [-0.15, -0.1) is 0 Å². The summed E-state index contributed by atoms with van der Waals surface area (Å²) in [6.07, 6.45) is 3.41. The maximum Gasteiger partial charge on any atom is 0.521 e. The fraction of sp³-hybridized carbons (Fsp3) is 0.500. The Kier molecular flexibility index (Phi) is 1.72. The molecule has 70 valence electrons. The summed E-state index contributed by atoms with van der Waals surface area (Å²) >= 11 is 0. The molecule has 1 aliphatic carbocycles. The van der Waals surface area contributed by atoms with E-state index in [0.29, 0.717) is 12.8 Å². The third kappa shape index (κ3) is 1.49. The van der Waals surface area contributed by atoms with Crippen molar-refractivity contribution in [3.8, 4) is 0 Å². The third-order valence-corrected chi connectivity index (χ3v) is 1.99. The Hall–Kier alpha value is -1.52. The van der Waals surface area contributed by atoms with Crippen molar-refractivity contribution < 1.29 is 23.8 Å². The minimum Gasteiger partial charge on any atom is -0.390 e. The molecule has 0 bridgehead atoms. The van der Waals surface area contributed by atoms with Crippen LogP contribution in [0.2, 0.25) is 0 Å². The monoisotopic (exact) mass is 184 g/mol. The molecule has 2 rings (SSSR count). The highest BCUT2D eigenvalue weighted by Gasteiger charge is 2.44. The van der Waals surface area contributed by atoms with Gasteiger partial charge in [0.15, 0.2) is 0 Å². The molecule has 1 aliphatic heterocycles. The van der Waals surface area contributed by atoms with E-state index in [-0.39, 0.29) is 0 Å². The van der Waals surface area contributed by atoms with Crippen molar-refractivity contribution in [3.05, 3.63) is 12.2 Å². The molecule has 0 aromatic rings. The van der Waals surface area contributed by atoms with Crippen LogP contribution in [0.15, 0.2) is 12.2 Å². The second kappa shape index (κ2) is 2.76. The normalized spacial score (nSPS) is 24.9. The fourth-order valence-electron chi connectivity index (χ4n) is 1.41. The summed E-state index contributed by atoms with van der Waals surface area (Å²) < 4.78 is 13.7. The van der Waals surface area contributed by atoms with E-state index in [1.807, 2.05) is 12.2 Å². The minimum absolute atomic E-state index is 0.397. The summed E-state index contributed by atoms with van der Waals surface area (Å²) in [6, 6.07) is 0. The van der Waals surface area contributed by atoms with Crippen molar-refractivity contribution in [3.63, 3.8) is 0 Å². The van der Waals surface area contributed by atoms with Crippen molar-refractivity contribution in [1.29, 1.82) is 0 Å². The molecule has 1 heterocycles. The molecule has 0 aromatic heterocycles. The van der Waals surface area contributed by atoms with E-state index in [1.165, 1.54) is 0 Å². The molecule has 5 nitrogen and oxygen atoms in total. The molecule has 0 atom stereocenters. The molecule has 0 amide bonds. The summed E-state index contributed by atoms with van der Waals surface area (Å²) in [5.41, 5.74) is 0. The minimum atomic E-state index is -1.11. The van der Waals surface area contributed by atoms with Gasteiger partial charge in [0, 0.05) is 12.8 Å². The Bertz CT molecular complexity index is 264. The van der Waals surface area contributed by atoms with Gasteiger partial charge in [0.1, 0.15) is 0 Å². The SMILES string of the molecule is O=C1OC(=O)OC2(CC=CCC2)O1. The Labute approximate surface area is 74.3 Å². The van der Waals surface area contributed by atoms with Crippen LogP contribution in [0.5, 0.6) is 0 Å². The van der Waals surface area contributed by atoms with Gasteiger partial charge in [-0.3, -0.25) is 0 Å². The molecular weight excluding hydrogens is 176 g/mol. The molecule has 0 saturated carbocycles. The van der Waals surface area contributed by atoms with Gasteiger partial charge in [-0.25, -0.2) is 9.59 Å². The summed E-state index contributed by atoms with van der Waals surface area (Å²) in [6.45, 7) is 0. The third-order valence-electron chi connectivity index (χ3n) is 1.99. The Morgan fingerprint density at radius 2 is 1.85 bits per heavy atom. The number of hydrogen-bond donors (Lipinski definition) is 0. The molecule has 0 aromatic carbocycles. The Morgan fingerprint density at radius 3 is 2.38 bits per heavy atom. The van der Waals surface area contributed by atoms with E-state index in [1.54, 1.807) is 0 Å². The van der Waals surface area contributed by atoms with Gasteiger partial charge in [0.05, 0.1) is 0 Å². The lowest BCUT2D eigenvalue weighted by molar-refractivity contribution is -0.215. The van der Waals surface area contributed by atoms with E-state index >= 15 is 0 Å². The quantitative estimate of drug-likeness (QED) is 0.326. The number of rotatable bonds is 0. The zero-order valence-electron chi connectivity index (χ0n) is 6.82. The molecule has 1 saturated heterocycles. The maximum absolute atomic E-state index is 10.8. The Morgan fingerprint density at radius 1 is 1.15 bits per heavy atom. The first-order valence-corrected chi connectivity index (χ1v) is 3.99. The van der Waals surface area contributed by atoms with Gasteiger partial charge in [0.25, 0.3) is 5.79 Å². The van der Waals surface area contributed by atoms with Gasteiger partial charge in [-0.1, -0.05) is 12.2 Å². The zero-order valence-corrected chi connectivity index (χ0v) is 6.82. The van der Waals surface area contributed by atoms with Crippen molar-refractivity contribution in [2.45, 2.75) is 25.0 Å². The van der Waals surface area contributed by atoms with Gasteiger partial charge < -0.3 is 14.2 Å². The topological polar surface area (TPSA) is 61.8 Å². The van der Waals surface area contributed by atoms with Crippen LogP contribution in [0.3, 0.4) is 0 Å². The van der Waals surface area contributed by atoms with Crippen LogP contribution in [0.4, 0.5) is 9.59 Å². The van der Waals surface area contributed by atoms with Crippen molar-refractivity contribution in [2.75, 3.05) is 0 Å². The summed E-state index contributed by atoms with van der Waals surface area (Å²) in [4.78, 5) is 21.6. The highest BCUT2D eigenvalue weighted by Crippen LogP contribution is 2.32. The average Bonchev–Trinajstić information content (AvgIpc) is 2.02. The molecule has 0 radical (unpaired) electrons. The molecule has 0 N–H and O–H groups in total. The van der Waals surface area contributed by atoms with Crippen molar-refractivity contribution >= 4 is 12.3 Å². The number of ether oxygens (including phenoxy) is 3. The predicted octanol–water partition coefficient (Wildman–Crippen LogP) is 1.73. The van der Waals surface area contributed by atoms with E-state index < -0.39 is 18.1 Å². The van der Waals surface area contributed by atoms with Crippen LogP contribution < -0.4 is 0 Å². The van der Waals surface area contributed by atoms with Crippen LogP contribution in [0, 0.1) is 0 Å². The first-order valence-electron chi connectivity index (χ1n) is 3.99. The number of carbonyl (C=O) groups is 2. The van der Waals surface area contributed by atoms with Crippen LogP contribution in [0.1, 0.15) is 19.3 Å². The lowest BCUT2D eigenvalue weighted by Gasteiger charge is -2.34. The van der Waals surface area contributed by atoms with Gasteiger partial charge in [-0.2, -0.15) is 0 Å². The fourth-order valence-corrected chi connectivity index (χ4v) is 1.41. The van der Waals surface area contributed by atoms with Crippen molar-refractivity contribution in [2.24, 2.45) is 0 Å². The van der Waals surface area contributed by atoms with Gasteiger partial charge in [-0.05, 0) is 6.42 Å². The highest BCUT2D eigenvalue weighted by atomic mass is 16.9. The number of carbonyl (C=O) groups excluding carboxylic acids is 2. The van der Waals surface area contributed by atoms with Crippen LogP contribution in [0.25, 0.3) is 0 Å². The number of hydrogen-bond acceptors (Lipinski definition) is 5. The molecule has 0 unspecified atom stereocenters. The molecular formula is C8H8O5. The van der Waals surface area contributed by atoms with Crippen LogP contribution >= 0.6 is 0 Å². The molecule has 1 fully saturated rings. The van der Waals surface area contributed by atoms with Gasteiger partial charge >= 0.3 is 12.3 Å². The van der Waals surface area contributed by atoms with E-state index in [4.69, 9.17) is 9.47 Å². The first kappa shape index (κ1) is 8.10. The molecule has 2 aliphatic rings. The van der Waals surface area contributed by atoms with E-state index in [0.717, 1.165) is 6.42 Å². The maximum atomic E-state index is 10.8. The summed E-state index contributed by atoms with van der Waals surface area (Å²) in [7, 11) is 0. The second-order valence-corrected chi connectivity index (χ2v) is 2.93. The number of cyclic esters (lactones) is 2. The number of allylic oxidation sites excluding steroid dienone is 1. The van der Waals surface area contributed by atoms with Gasteiger partial charge in [0.2, 0.25) is 0 Å². The van der Waals surface area contributed by atoms with E-state index in [9.17, 15) is 9.59 Å². The largest absolute Gasteiger partial charge is 0.521 e. The zero-order chi connectivity index (χ0) is 9.31. The Balaban J connectivity index is 2.17.